The topological polar surface area (TPSA) is 15.7 Å². The molecule has 0 aromatic heterocycles. The molecule has 0 radical (unpaired) electrons. The summed E-state index contributed by atoms with van der Waals surface area (Å²) in [6.07, 6.45) is 4.79. The minimum Gasteiger partial charge on any atom is -0.494 e. The van der Waals surface area contributed by atoms with Crippen LogP contribution in [0.1, 0.15) is 76.3 Å². The van der Waals surface area contributed by atoms with Crippen molar-refractivity contribution in [2.75, 3.05) is 16.4 Å². The molecule has 0 atom stereocenters. The van der Waals surface area contributed by atoms with Gasteiger partial charge in [-0.3, -0.25) is 0 Å². The van der Waals surface area contributed by atoms with Crippen molar-refractivity contribution in [2.24, 2.45) is 0 Å². The van der Waals surface area contributed by atoms with Crippen molar-refractivity contribution in [3.63, 3.8) is 0 Å². The average molecular weight is 507 g/mol. The smallest absolute Gasteiger partial charge is 0.120 e. The van der Waals surface area contributed by atoms with Gasteiger partial charge in [0.1, 0.15) is 5.75 Å². The Bertz CT molecular complexity index is 1410. The predicted octanol–water partition coefficient (Wildman–Crippen LogP) is 8.80. The second kappa shape index (κ2) is 9.69. The molecule has 0 saturated carbocycles. The van der Waals surface area contributed by atoms with E-state index in [4.69, 9.17) is 4.74 Å². The van der Waals surface area contributed by atoms with Crippen molar-refractivity contribution in [3.05, 3.63) is 101 Å². The number of anilines is 2. The normalized spacial score (nSPS) is 17.4. The molecule has 3 aromatic carbocycles. The first-order chi connectivity index (χ1) is 18.0. The van der Waals surface area contributed by atoms with Gasteiger partial charge in [-0.05, 0) is 108 Å². The van der Waals surface area contributed by atoms with Gasteiger partial charge in [0.05, 0.1) is 17.7 Å². The number of allylic oxidation sites excluding steroid dienone is 2. The van der Waals surface area contributed by atoms with Crippen LogP contribution in [0.2, 0.25) is 0 Å². The van der Waals surface area contributed by atoms with E-state index in [0.29, 0.717) is 6.61 Å². The van der Waals surface area contributed by atoms with Crippen molar-refractivity contribution in [2.45, 2.75) is 79.6 Å². The molecule has 0 amide bonds. The van der Waals surface area contributed by atoms with Gasteiger partial charge in [0, 0.05) is 35.6 Å². The first kappa shape index (κ1) is 26.2. The van der Waals surface area contributed by atoms with Crippen molar-refractivity contribution in [1.29, 1.82) is 0 Å². The van der Waals surface area contributed by atoms with Crippen LogP contribution in [0.25, 0.3) is 11.1 Å². The number of rotatable bonds is 6. The van der Waals surface area contributed by atoms with Crippen LogP contribution in [-0.2, 0) is 13.1 Å². The van der Waals surface area contributed by atoms with Crippen LogP contribution in [0.4, 0.5) is 11.4 Å². The maximum absolute atomic E-state index is 5.80. The van der Waals surface area contributed by atoms with E-state index in [1.807, 2.05) is 6.92 Å². The van der Waals surface area contributed by atoms with E-state index in [1.165, 1.54) is 50.3 Å². The molecule has 38 heavy (non-hydrogen) atoms. The lowest BCUT2D eigenvalue weighted by Gasteiger charge is -2.44. The van der Waals surface area contributed by atoms with Crippen LogP contribution in [0.15, 0.2) is 72.8 Å². The fourth-order valence-electron chi connectivity index (χ4n) is 6.21. The van der Waals surface area contributed by atoms with E-state index in [-0.39, 0.29) is 11.1 Å². The molecule has 0 spiro atoms. The third kappa shape index (κ3) is 4.87. The van der Waals surface area contributed by atoms with Crippen LogP contribution >= 0.6 is 0 Å². The molecule has 3 nitrogen and oxygen atoms in total. The number of ether oxygens (including phenoxy) is 1. The molecule has 2 heterocycles. The third-order valence-corrected chi connectivity index (χ3v) is 8.10. The van der Waals surface area contributed by atoms with E-state index < -0.39 is 0 Å². The lowest BCUT2D eigenvalue weighted by Crippen LogP contribution is -2.44. The number of benzene rings is 3. The highest BCUT2D eigenvalue weighted by atomic mass is 16.5. The number of aryl methyl sites for hydroxylation is 1. The summed E-state index contributed by atoms with van der Waals surface area (Å²) >= 11 is 0. The summed E-state index contributed by atoms with van der Waals surface area (Å²) in [6, 6.07) is 22.6. The first-order valence-corrected chi connectivity index (χ1v) is 13.9. The Morgan fingerprint density at radius 2 is 1.11 bits per heavy atom. The Kier molecular flexibility index (Phi) is 6.67. The fraction of sp³-hybridized carbons (Fsp3) is 0.371. The highest BCUT2D eigenvalue weighted by Gasteiger charge is 2.33. The summed E-state index contributed by atoms with van der Waals surface area (Å²) in [5.74, 6) is 0.936. The summed E-state index contributed by atoms with van der Waals surface area (Å²) in [7, 11) is 0. The SMILES string of the molecule is CCOc1ccc2c(c1)C(C)=CC(C)(C)N2Cc1ccc(CN2c3ccc(C)cc3C(C)=CC2(C)C)cc1. The first-order valence-electron chi connectivity index (χ1n) is 13.9. The zero-order valence-corrected chi connectivity index (χ0v) is 24.4. The van der Waals surface area contributed by atoms with Gasteiger partial charge in [0.15, 0.2) is 0 Å². The highest BCUT2D eigenvalue weighted by Crippen LogP contribution is 2.42. The van der Waals surface area contributed by atoms with E-state index in [9.17, 15) is 0 Å². The molecule has 0 fully saturated rings. The summed E-state index contributed by atoms with van der Waals surface area (Å²) in [5.41, 5.74) is 11.7. The van der Waals surface area contributed by atoms with Crippen LogP contribution in [0.3, 0.4) is 0 Å². The number of hydrogen-bond acceptors (Lipinski definition) is 3. The van der Waals surface area contributed by atoms with E-state index in [1.54, 1.807) is 0 Å². The molecule has 3 aromatic rings. The quantitative estimate of drug-likeness (QED) is 0.332. The average Bonchev–Trinajstić information content (AvgIpc) is 2.85. The Morgan fingerprint density at radius 1 is 0.632 bits per heavy atom. The third-order valence-electron chi connectivity index (χ3n) is 8.10. The van der Waals surface area contributed by atoms with E-state index in [2.05, 4.69) is 131 Å². The standard InChI is InChI=1S/C35H42N2O/c1-9-38-29-15-17-33-31(19-29)26(4)21-35(7,8)37(33)23-28-13-11-27(12-14-28)22-36-32-16-10-24(2)18-30(32)25(3)20-34(36,5)6/h10-21H,9,22-23H2,1-8H3. The van der Waals surface area contributed by atoms with Crippen LogP contribution in [-0.4, -0.2) is 17.7 Å². The number of hydrogen-bond donors (Lipinski definition) is 0. The van der Waals surface area contributed by atoms with E-state index >= 15 is 0 Å². The van der Waals surface area contributed by atoms with Gasteiger partial charge in [0.2, 0.25) is 0 Å². The minimum atomic E-state index is -0.0766. The molecule has 2 aliphatic heterocycles. The molecular weight excluding hydrogens is 464 g/mol. The zero-order chi connectivity index (χ0) is 27.2. The Labute approximate surface area is 229 Å². The molecule has 0 aliphatic carbocycles. The Balaban J connectivity index is 1.39. The lowest BCUT2D eigenvalue weighted by molar-refractivity contribution is 0.340. The Hall–Kier alpha value is -3.46. The number of fused-ring (bicyclic) bond motifs is 2. The van der Waals surface area contributed by atoms with Gasteiger partial charge in [-0.2, -0.15) is 0 Å². The maximum atomic E-state index is 5.80. The Morgan fingerprint density at radius 3 is 1.61 bits per heavy atom. The largest absolute Gasteiger partial charge is 0.494 e. The van der Waals surface area contributed by atoms with Crippen LogP contribution in [0.5, 0.6) is 5.75 Å². The predicted molar refractivity (Wildman–Crippen MR) is 163 cm³/mol. The summed E-state index contributed by atoms with van der Waals surface area (Å²) in [5, 5.41) is 0. The second-order valence-electron chi connectivity index (χ2n) is 12.1. The van der Waals surface area contributed by atoms with Gasteiger partial charge < -0.3 is 14.5 Å². The summed E-state index contributed by atoms with van der Waals surface area (Å²) in [6.45, 7) is 20.3. The van der Waals surface area contributed by atoms with Gasteiger partial charge in [-0.15, -0.1) is 0 Å². The highest BCUT2D eigenvalue weighted by molar-refractivity contribution is 5.83. The minimum absolute atomic E-state index is 0.0446. The lowest BCUT2D eigenvalue weighted by atomic mass is 9.87. The van der Waals surface area contributed by atoms with Gasteiger partial charge >= 0.3 is 0 Å². The summed E-state index contributed by atoms with van der Waals surface area (Å²) < 4.78 is 5.80. The zero-order valence-electron chi connectivity index (χ0n) is 24.4. The molecular formula is C35H42N2O. The second-order valence-corrected chi connectivity index (χ2v) is 12.1. The molecule has 0 saturated heterocycles. The molecule has 2 aliphatic rings. The van der Waals surface area contributed by atoms with Crippen LogP contribution in [0, 0.1) is 6.92 Å². The van der Waals surface area contributed by atoms with Gasteiger partial charge in [0.25, 0.3) is 0 Å². The van der Waals surface area contributed by atoms with Gasteiger partial charge in [-0.25, -0.2) is 0 Å². The fourth-order valence-corrected chi connectivity index (χ4v) is 6.21. The van der Waals surface area contributed by atoms with Crippen molar-refractivity contribution in [3.8, 4) is 5.75 Å². The summed E-state index contributed by atoms with van der Waals surface area (Å²) in [4.78, 5) is 5.05. The van der Waals surface area contributed by atoms with E-state index in [0.717, 1.165) is 18.8 Å². The van der Waals surface area contributed by atoms with Crippen molar-refractivity contribution >= 4 is 22.5 Å². The molecule has 0 bridgehead atoms. The van der Waals surface area contributed by atoms with Crippen LogP contribution < -0.4 is 14.5 Å². The molecule has 198 valence electrons. The monoisotopic (exact) mass is 506 g/mol. The maximum Gasteiger partial charge on any atom is 0.120 e. The van der Waals surface area contributed by atoms with Crippen molar-refractivity contribution < 1.29 is 4.74 Å². The molecule has 0 N–H and O–H groups in total. The number of nitrogens with zero attached hydrogens (tertiary/aromatic N) is 2. The van der Waals surface area contributed by atoms with Gasteiger partial charge in [-0.1, -0.05) is 48.0 Å². The molecule has 0 unspecified atom stereocenters. The molecule has 3 heteroatoms. The molecule has 5 rings (SSSR count). The van der Waals surface area contributed by atoms with Crippen molar-refractivity contribution in [1.82, 2.24) is 0 Å².